The molecule has 3 aliphatic rings. The molecule has 7 nitrogen and oxygen atoms in total. The van der Waals surface area contributed by atoms with Crippen molar-refractivity contribution in [3.63, 3.8) is 0 Å². The van der Waals surface area contributed by atoms with Crippen molar-refractivity contribution < 1.29 is 4.79 Å². The Kier molecular flexibility index (Phi) is 4.72. The lowest BCUT2D eigenvalue weighted by Gasteiger charge is -2.32. The summed E-state index contributed by atoms with van der Waals surface area (Å²) < 4.78 is 1.90. The van der Waals surface area contributed by atoms with Crippen LogP contribution >= 0.6 is 0 Å². The molecule has 1 aliphatic carbocycles. The van der Waals surface area contributed by atoms with Gasteiger partial charge in [0, 0.05) is 56.9 Å². The van der Waals surface area contributed by atoms with E-state index in [4.69, 9.17) is 0 Å². The maximum atomic E-state index is 13.1. The van der Waals surface area contributed by atoms with Crippen molar-refractivity contribution in [1.29, 1.82) is 0 Å². The van der Waals surface area contributed by atoms with Gasteiger partial charge >= 0.3 is 5.69 Å². The Morgan fingerprint density at radius 3 is 2.57 bits per heavy atom. The minimum atomic E-state index is -0.0496. The first-order chi connectivity index (χ1) is 13.7. The maximum Gasteiger partial charge on any atom is 0.326 e. The van der Waals surface area contributed by atoms with Gasteiger partial charge in [-0.15, -0.1) is 0 Å². The lowest BCUT2D eigenvalue weighted by atomic mass is 10.1. The number of imidazole rings is 1. The molecule has 0 radical (unpaired) electrons. The number of likely N-dealkylation sites (tertiary alicyclic amines) is 1. The molecule has 1 aromatic carbocycles. The maximum absolute atomic E-state index is 13.1. The molecule has 2 aromatic rings. The first kappa shape index (κ1) is 17.9. The van der Waals surface area contributed by atoms with E-state index in [1.54, 1.807) is 0 Å². The van der Waals surface area contributed by atoms with E-state index in [0.717, 1.165) is 69.6 Å². The molecule has 1 unspecified atom stereocenters. The minimum absolute atomic E-state index is 0.0496. The van der Waals surface area contributed by atoms with Crippen LogP contribution in [-0.2, 0) is 0 Å². The van der Waals surface area contributed by atoms with Gasteiger partial charge in [-0.25, -0.2) is 4.79 Å². The van der Waals surface area contributed by atoms with Crippen molar-refractivity contribution in [3.8, 4) is 0 Å². The van der Waals surface area contributed by atoms with Crippen molar-refractivity contribution >= 4 is 16.9 Å². The molecule has 5 rings (SSSR count). The van der Waals surface area contributed by atoms with Gasteiger partial charge in [-0.3, -0.25) is 14.3 Å². The van der Waals surface area contributed by atoms with Crippen molar-refractivity contribution in [1.82, 2.24) is 24.7 Å². The molecule has 7 heteroatoms. The van der Waals surface area contributed by atoms with Crippen molar-refractivity contribution in [2.24, 2.45) is 0 Å². The number of benzene rings is 1. The lowest BCUT2D eigenvalue weighted by Crippen LogP contribution is -2.49. The van der Waals surface area contributed by atoms with E-state index in [9.17, 15) is 9.59 Å². The monoisotopic (exact) mass is 383 g/mol. The molecule has 0 spiro atoms. The van der Waals surface area contributed by atoms with Crippen molar-refractivity contribution in [3.05, 3.63) is 34.2 Å². The Balaban J connectivity index is 1.34. The quantitative estimate of drug-likeness (QED) is 0.844. The zero-order valence-electron chi connectivity index (χ0n) is 16.3. The molecule has 1 aromatic heterocycles. The van der Waals surface area contributed by atoms with Crippen LogP contribution in [-0.4, -0.2) is 70.6 Å². The molecule has 2 saturated heterocycles. The number of hydrogen-bond donors (Lipinski definition) is 2. The van der Waals surface area contributed by atoms with Gasteiger partial charge in [0.25, 0.3) is 5.91 Å². The van der Waals surface area contributed by atoms with Gasteiger partial charge in [0.15, 0.2) is 0 Å². The van der Waals surface area contributed by atoms with E-state index >= 15 is 0 Å². The summed E-state index contributed by atoms with van der Waals surface area (Å²) in [6.07, 6.45) is 5.54. The molecule has 2 aliphatic heterocycles. The predicted molar refractivity (Wildman–Crippen MR) is 109 cm³/mol. The van der Waals surface area contributed by atoms with Gasteiger partial charge in [0.05, 0.1) is 11.0 Å². The molecule has 28 heavy (non-hydrogen) atoms. The highest BCUT2D eigenvalue weighted by Gasteiger charge is 2.31. The Hall–Kier alpha value is -2.12. The van der Waals surface area contributed by atoms with Crippen LogP contribution in [0.2, 0.25) is 0 Å². The molecule has 150 valence electrons. The smallest absolute Gasteiger partial charge is 0.326 e. The number of carbonyl (C=O) groups is 1. The van der Waals surface area contributed by atoms with Crippen LogP contribution in [0.25, 0.3) is 11.0 Å². The number of carbonyl (C=O) groups excluding carboxylic acids is 1. The number of piperazine rings is 1. The van der Waals surface area contributed by atoms with Crippen LogP contribution in [0.4, 0.5) is 0 Å². The third-order valence-corrected chi connectivity index (χ3v) is 6.77. The van der Waals surface area contributed by atoms with Gasteiger partial charge in [-0.05, 0) is 37.5 Å². The second kappa shape index (κ2) is 7.37. The third kappa shape index (κ3) is 3.16. The largest absolute Gasteiger partial charge is 0.337 e. The fourth-order valence-corrected chi connectivity index (χ4v) is 5.24. The highest BCUT2D eigenvalue weighted by molar-refractivity contribution is 5.97. The third-order valence-electron chi connectivity index (χ3n) is 6.77. The average Bonchev–Trinajstić information content (AvgIpc) is 3.46. The first-order valence-corrected chi connectivity index (χ1v) is 10.7. The first-order valence-electron chi connectivity index (χ1n) is 10.7. The van der Waals surface area contributed by atoms with E-state index < -0.39 is 0 Å². The van der Waals surface area contributed by atoms with Crippen molar-refractivity contribution in [2.45, 2.75) is 44.2 Å². The van der Waals surface area contributed by atoms with Gasteiger partial charge in [-0.2, -0.15) is 0 Å². The molecule has 0 bridgehead atoms. The summed E-state index contributed by atoms with van der Waals surface area (Å²) in [5.41, 5.74) is 2.33. The van der Waals surface area contributed by atoms with E-state index in [0.29, 0.717) is 17.6 Å². The average molecular weight is 383 g/mol. The zero-order valence-corrected chi connectivity index (χ0v) is 16.3. The standard InChI is InChI=1S/C21H29N5O2/c27-20(25-10-7-17(14-25)24-11-8-22-9-12-24)15-5-6-19-18(13-15)23-21(28)26(19)16-3-1-2-4-16/h5-6,13,16-17,22H,1-4,7-12,14H2,(H,23,28). The van der Waals surface area contributed by atoms with Gasteiger partial charge in [0.1, 0.15) is 0 Å². The number of hydrogen-bond acceptors (Lipinski definition) is 4. The van der Waals surface area contributed by atoms with Crippen LogP contribution in [0.3, 0.4) is 0 Å². The number of aromatic nitrogens is 2. The van der Waals surface area contributed by atoms with Gasteiger partial charge in [0.2, 0.25) is 0 Å². The molecule has 2 N–H and O–H groups in total. The molecular formula is C21H29N5O2. The second-order valence-electron chi connectivity index (χ2n) is 8.45. The highest BCUT2D eigenvalue weighted by atomic mass is 16.2. The van der Waals surface area contributed by atoms with E-state index in [1.807, 2.05) is 27.7 Å². The molecular weight excluding hydrogens is 354 g/mol. The van der Waals surface area contributed by atoms with E-state index in [-0.39, 0.29) is 11.6 Å². The minimum Gasteiger partial charge on any atom is -0.337 e. The summed E-state index contributed by atoms with van der Waals surface area (Å²) in [4.78, 5) is 33.0. The Labute approximate surface area is 164 Å². The lowest BCUT2D eigenvalue weighted by molar-refractivity contribution is 0.0773. The summed E-state index contributed by atoms with van der Waals surface area (Å²) in [6, 6.07) is 6.46. The van der Waals surface area contributed by atoms with Crippen LogP contribution in [0.5, 0.6) is 0 Å². The SMILES string of the molecule is O=C(c1ccc2c(c1)[nH]c(=O)n2C1CCCC1)N1CCC(N2CCNCC2)C1. The Bertz CT molecular complexity index is 921. The number of H-pyrrole nitrogens is 1. The number of aromatic amines is 1. The fourth-order valence-electron chi connectivity index (χ4n) is 5.24. The van der Waals surface area contributed by atoms with Crippen LogP contribution in [0, 0.1) is 0 Å². The fraction of sp³-hybridized carbons (Fsp3) is 0.619. The molecule has 1 saturated carbocycles. The van der Waals surface area contributed by atoms with E-state index in [1.165, 1.54) is 12.8 Å². The summed E-state index contributed by atoms with van der Waals surface area (Å²) in [6.45, 7) is 5.81. The molecule has 3 heterocycles. The topological polar surface area (TPSA) is 73.4 Å². The molecule has 1 atom stereocenters. The summed E-state index contributed by atoms with van der Waals surface area (Å²) in [5, 5.41) is 3.39. The number of fused-ring (bicyclic) bond motifs is 1. The normalized spacial score (nSPS) is 24.4. The highest BCUT2D eigenvalue weighted by Crippen LogP contribution is 2.31. The van der Waals surface area contributed by atoms with Gasteiger partial charge < -0.3 is 15.2 Å². The van der Waals surface area contributed by atoms with Gasteiger partial charge in [-0.1, -0.05) is 12.8 Å². The number of nitrogens with one attached hydrogen (secondary N) is 2. The summed E-state index contributed by atoms with van der Waals surface area (Å²) in [5.74, 6) is 0.0778. The Morgan fingerprint density at radius 1 is 1.00 bits per heavy atom. The summed E-state index contributed by atoms with van der Waals surface area (Å²) >= 11 is 0. The Morgan fingerprint density at radius 2 is 1.79 bits per heavy atom. The number of rotatable bonds is 3. The van der Waals surface area contributed by atoms with Crippen LogP contribution < -0.4 is 11.0 Å². The zero-order chi connectivity index (χ0) is 19.1. The van der Waals surface area contributed by atoms with Crippen LogP contribution in [0.15, 0.2) is 23.0 Å². The summed E-state index contributed by atoms with van der Waals surface area (Å²) in [7, 11) is 0. The molecule has 3 fully saturated rings. The molecule has 1 amide bonds. The number of amides is 1. The van der Waals surface area contributed by atoms with Crippen molar-refractivity contribution in [2.75, 3.05) is 39.3 Å². The predicted octanol–water partition coefficient (Wildman–Crippen LogP) is 1.56. The van der Waals surface area contributed by atoms with E-state index in [2.05, 4.69) is 15.2 Å². The van der Waals surface area contributed by atoms with Crippen LogP contribution in [0.1, 0.15) is 48.5 Å². The second-order valence-corrected chi connectivity index (χ2v) is 8.45. The number of nitrogens with zero attached hydrogens (tertiary/aromatic N) is 3.